The molecule has 2 aromatic rings. The Bertz CT molecular complexity index is 534. The van der Waals surface area contributed by atoms with E-state index in [0.717, 1.165) is 10.2 Å². The highest BCUT2D eigenvalue weighted by atomic mass is 32.1. The first kappa shape index (κ1) is 13.8. The first-order valence-electron chi connectivity index (χ1n) is 6.13. The van der Waals surface area contributed by atoms with Crippen molar-refractivity contribution in [3.63, 3.8) is 0 Å². The van der Waals surface area contributed by atoms with Crippen molar-refractivity contribution in [2.24, 2.45) is 0 Å². The van der Waals surface area contributed by atoms with Gasteiger partial charge in [0.25, 0.3) is 0 Å². The molecular weight excluding hydrogens is 260 g/mol. The number of carbonyl (C=O) groups is 1. The van der Waals surface area contributed by atoms with Crippen LogP contribution in [0.15, 0.2) is 24.3 Å². The van der Waals surface area contributed by atoms with Gasteiger partial charge < -0.3 is 10.2 Å². The molecule has 2 amide bonds. The van der Waals surface area contributed by atoms with Gasteiger partial charge in [-0.05, 0) is 33.2 Å². The monoisotopic (exact) mass is 278 g/mol. The average Bonchev–Trinajstić information content (AvgIpc) is 2.77. The predicted molar refractivity (Wildman–Crippen MR) is 79.8 cm³/mol. The highest BCUT2D eigenvalue weighted by Crippen LogP contribution is 2.25. The van der Waals surface area contributed by atoms with E-state index in [1.165, 1.54) is 11.3 Å². The Morgan fingerprint density at radius 2 is 2.16 bits per heavy atom. The van der Waals surface area contributed by atoms with E-state index < -0.39 is 0 Å². The van der Waals surface area contributed by atoms with Crippen molar-refractivity contribution >= 4 is 32.7 Å². The van der Waals surface area contributed by atoms with Crippen LogP contribution in [0, 0.1) is 0 Å². The van der Waals surface area contributed by atoms with Crippen molar-refractivity contribution in [3.05, 3.63) is 24.3 Å². The van der Waals surface area contributed by atoms with Gasteiger partial charge in [-0.3, -0.25) is 5.32 Å². The van der Waals surface area contributed by atoms with Crippen LogP contribution < -0.4 is 10.6 Å². The summed E-state index contributed by atoms with van der Waals surface area (Å²) < 4.78 is 1.07. The second-order valence-electron chi connectivity index (χ2n) is 4.63. The number of para-hydroxylation sites is 1. The molecule has 0 aliphatic heterocycles. The quantitative estimate of drug-likeness (QED) is 0.902. The number of fused-ring (bicyclic) bond motifs is 1. The van der Waals surface area contributed by atoms with Crippen LogP contribution in [0.1, 0.15) is 6.92 Å². The molecule has 1 unspecified atom stereocenters. The molecule has 2 N–H and O–H groups in total. The second kappa shape index (κ2) is 5.99. The van der Waals surface area contributed by atoms with E-state index >= 15 is 0 Å². The molecule has 0 aliphatic carbocycles. The van der Waals surface area contributed by atoms with Gasteiger partial charge in [0.15, 0.2) is 5.13 Å². The fourth-order valence-corrected chi connectivity index (χ4v) is 2.35. The Balaban J connectivity index is 1.91. The molecule has 2 rings (SSSR count). The van der Waals surface area contributed by atoms with Gasteiger partial charge in [0.2, 0.25) is 0 Å². The molecule has 1 atom stereocenters. The molecule has 0 fully saturated rings. The number of nitrogens with one attached hydrogen (secondary N) is 2. The number of nitrogens with zero attached hydrogens (tertiary/aromatic N) is 2. The third-order valence-electron chi connectivity index (χ3n) is 2.95. The number of carbonyl (C=O) groups excluding carboxylic acids is 1. The molecule has 0 aliphatic rings. The molecule has 1 heterocycles. The van der Waals surface area contributed by atoms with Crippen LogP contribution in [-0.2, 0) is 0 Å². The number of anilines is 1. The lowest BCUT2D eigenvalue weighted by Crippen LogP contribution is -2.40. The molecule has 19 heavy (non-hydrogen) atoms. The molecule has 6 heteroatoms. The summed E-state index contributed by atoms with van der Waals surface area (Å²) in [5.41, 5.74) is 0.907. The van der Waals surface area contributed by atoms with Gasteiger partial charge in [-0.2, -0.15) is 0 Å². The largest absolute Gasteiger partial charge is 0.336 e. The third kappa shape index (κ3) is 3.65. The maximum atomic E-state index is 11.7. The molecule has 5 nitrogen and oxygen atoms in total. The molecule has 1 aromatic carbocycles. The first-order chi connectivity index (χ1) is 9.06. The fraction of sp³-hybridized carbons (Fsp3) is 0.385. The highest BCUT2D eigenvalue weighted by molar-refractivity contribution is 7.22. The Morgan fingerprint density at radius 3 is 2.84 bits per heavy atom. The van der Waals surface area contributed by atoms with Gasteiger partial charge in [-0.15, -0.1) is 0 Å². The van der Waals surface area contributed by atoms with Crippen LogP contribution in [-0.4, -0.2) is 42.6 Å². The summed E-state index contributed by atoms with van der Waals surface area (Å²) in [5.74, 6) is 0. The third-order valence-corrected chi connectivity index (χ3v) is 3.91. The number of hydrogen-bond acceptors (Lipinski definition) is 4. The van der Waals surface area contributed by atoms with E-state index in [1.54, 1.807) is 0 Å². The highest BCUT2D eigenvalue weighted by Gasteiger charge is 2.09. The zero-order chi connectivity index (χ0) is 13.8. The lowest BCUT2D eigenvalue weighted by atomic mass is 10.3. The Kier molecular flexibility index (Phi) is 4.34. The Hall–Kier alpha value is -1.66. The predicted octanol–water partition coefficient (Wildman–Crippen LogP) is 2.37. The molecule has 0 saturated carbocycles. The lowest BCUT2D eigenvalue weighted by molar-refractivity contribution is 0.245. The van der Waals surface area contributed by atoms with Crippen LogP contribution in [0.5, 0.6) is 0 Å². The van der Waals surface area contributed by atoms with Gasteiger partial charge in [0.05, 0.1) is 10.2 Å². The number of rotatable bonds is 4. The minimum atomic E-state index is -0.215. The van der Waals surface area contributed by atoms with E-state index in [0.29, 0.717) is 17.7 Å². The zero-order valence-corrected chi connectivity index (χ0v) is 12.1. The lowest BCUT2D eigenvalue weighted by Gasteiger charge is -2.19. The van der Waals surface area contributed by atoms with E-state index in [-0.39, 0.29) is 6.03 Å². The zero-order valence-electron chi connectivity index (χ0n) is 11.3. The number of aromatic nitrogens is 1. The topological polar surface area (TPSA) is 57.3 Å². The van der Waals surface area contributed by atoms with Crippen molar-refractivity contribution in [2.75, 3.05) is 26.0 Å². The molecule has 1 aromatic heterocycles. The van der Waals surface area contributed by atoms with E-state index in [9.17, 15) is 4.79 Å². The standard InChI is InChI=1S/C13H18N4OS/c1-9(17(2)3)8-14-12(18)16-13-15-10-6-4-5-7-11(10)19-13/h4-7,9H,8H2,1-3H3,(H2,14,15,16,18). The molecule has 0 spiro atoms. The fourth-order valence-electron chi connectivity index (χ4n) is 1.49. The number of hydrogen-bond donors (Lipinski definition) is 2. The summed E-state index contributed by atoms with van der Waals surface area (Å²) in [7, 11) is 3.97. The van der Waals surface area contributed by atoms with E-state index in [1.807, 2.05) is 38.4 Å². The maximum absolute atomic E-state index is 11.7. The summed E-state index contributed by atoms with van der Waals surface area (Å²) in [6.07, 6.45) is 0. The Morgan fingerprint density at radius 1 is 1.42 bits per heavy atom. The van der Waals surface area contributed by atoms with Gasteiger partial charge in [0, 0.05) is 12.6 Å². The van der Waals surface area contributed by atoms with Crippen LogP contribution in [0.3, 0.4) is 0 Å². The summed E-state index contributed by atoms with van der Waals surface area (Å²) in [6.45, 7) is 2.65. The normalized spacial score (nSPS) is 12.6. The number of benzene rings is 1. The van der Waals surface area contributed by atoms with Crippen molar-refractivity contribution in [3.8, 4) is 0 Å². The van der Waals surface area contributed by atoms with Gasteiger partial charge in [-0.25, -0.2) is 9.78 Å². The number of thiazole rings is 1. The number of amides is 2. The molecule has 0 radical (unpaired) electrons. The van der Waals surface area contributed by atoms with Crippen LogP contribution in [0.4, 0.5) is 9.93 Å². The van der Waals surface area contributed by atoms with Gasteiger partial charge >= 0.3 is 6.03 Å². The molecule has 0 saturated heterocycles. The molecule has 0 bridgehead atoms. The minimum absolute atomic E-state index is 0.215. The summed E-state index contributed by atoms with van der Waals surface area (Å²) >= 11 is 1.47. The van der Waals surface area contributed by atoms with Gasteiger partial charge in [-0.1, -0.05) is 23.5 Å². The van der Waals surface area contributed by atoms with Crippen molar-refractivity contribution in [2.45, 2.75) is 13.0 Å². The summed E-state index contributed by atoms with van der Waals surface area (Å²) in [5, 5.41) is 6.22. The summed E-state index contributed by atoms with van der Waals surface area (Å²) in [6, 6.07) is 7.90. The SMILES string of the molecule is CC(CNC(=O)Nc1nc2ccccc2s1)N(C)C. The number of urea groups is 1. The Labute approximate surface area is 116 Å². The maximum Gasteiger partial charge on any atom is 0.321 e. The van der Waals surface area contributed by atoms with Gasteiger partial charge in [0.1, 0.15) is 0 Å². The second-order valence-corrected chi connectivity index (χ2v) is 5.67. The first-order valence-corrected chi connectivity index (χ1v) is 6.95. The average molecular weight is 278 g/mol. The van der Waals surface area contributed by atoms with Crippen molar-refractivity contribution < 1.29 is 4.79 Å². The minimum Gasteiger partial charge on any atom is -0.336 e. The van der Waals surface area contributed by atoms with Crippen LogP contribution in [0.2, 0.25) is 0 Å². The summed E-state index contributed by atoms with van der Waals surface area (Å²) in [4.78, 5) is 18.1. The number of likely N-dealkylation sites (N-methyl/N-ethyl adjacent to an activating group) is 1. The van der Waals surface area contributed by atoms with Crippen LogP contribution in [0.25, 0.3) is 10.2 Å². The van der Waals surface area contributed by atoms with E-state index in [4.69, 9.17) is 0 Å². The van der Waals surface area contributed by atoms with Crippen LogP contribution >= 0.6 is 11.3 Å². The van der Waals surface area contributed by atoms with Crippen molar-refractivity contribution in [1.29, 1.82) is 0 Å². The molecule has 102 valence electrons. The molecular formula is C13H18N4OS. The van der Waals surface area contributed by atoms with Crippen molar-refractivity contribution in [1.82, 2.24) is 15.2 Å². The smallest absolute Gasteiger partial charge is 0.321 e. The van der Waals surface area contributed by atoms with E-state index in [2.05, 4.69) is 27.4 Å².